The second-order valence-corrected chi connectivity index (χ2v) is 5.75. The van der Waals surface area contributed by atoms with Crippen LogP contribution in [-0.4, -0.2) is 27.1 Å². The summed E-state index contributed by atoms with van der Waals surface area (Å²) in [5, 5.41) is 0.683. The molecule has 0 amide bonds. The molecule has 0 atom stereocenters. The minimum absolute atomic E-state index is 0.0707. The van der Waals surface area contributed by atoms with E-state index < -0.39 is 5.41 Å². The number of rotatable bonds is 4. The molecule has 1 aromatic heterocycles. The maximum absolute atomic E-state index is 12.3. The molecular formula is C16H20O5. The van der Waals surface area contributed by atoms with Gasteiger partial charge in [0.2, 0.25) is 11.5 Å². The van der Waals surface area contributed by atoms with Crippen LogP contribution >= 0.6 is 0 Å². The van der Waals surface area contributed by atoms with Gasteiger partial charge >= 0.3 is 0 Å². The fourth-order valence-electron chi connectivity index (χ4n) is 2.14. The molecule has 0 radical (unpaired) electrons. The predicted molar refractivity (Wildman–Crippen MR) is 79.7 cm³/mol. The van der Waals surface area contributed by atoms with Gasteiger partial charge < -0.3 is 18.6 Å². The molecule has 5 heteroatoms. The standard InChI is InChI=1S/C16H20O5/c1-16(2,3)15(17)12-7-9-10(21-12)8-11(18-4)14(20-6)13(9)19-5/h7-8H,1-6H3. The van der Waals surface area contributed by atoms with E-state index in [2.05, 4.69) is 0 Å². The number of ether oxygens (including phenoxy) is 3. The number of Topliss-reactive ketones (excluding diaryl/α,β-unsaturated/α-hetero) is 1. The number of hydrogen-bond donors (Lipinski definition) is 0. The van der Waals surface area contributed by atoms with Gasteiger partial charge in [0.05, 0.1) is 26.7 Å². The number of ketones is 1. The van der Waals surface area contributed by atoms with Crippen molar-refractivity contribution in [1.29, 1.82) is 0 Å². The summed E-state index contributed by atoms with van der Waals surface area (Å²) in [6.07, 6.45) is 0. The lowest BCUT2D eigenvalue weighted by atomic mass is 9.89. The first-order valence-electron chi connectivity index (χ1n) is 6.60. The number of furan rings is 1. The number of benzene rings is 1. The Morgan fingerprint density at radius 2 is 1.62 bits per heavy atom. The van der Waals surface area contributed by atoms with Crippen molar-refractivity contribution in [1.82, 2.24) is 0 Å². The summed E-state index contributed by atoms with van der Waals surface area (Å²) >= 11 is 0. The van der Waals surface area contributed by atoms with Crippen molar-refractivity contribution < 1.29 is 23.4 Å². The van der Waals surface area contributed by atoms with Crippen molar-refractivity contribution >= 4 is 16.8 Å². The Balaban J connectivity index is 2.70. The molecule has 1 heterocycles. The number of carbonyl (C=O) groups excluding carboxylic acids is 1. The van der Waals surface area contributed by atoms with Crippen molar-refractivity contribution in [2.24, 2.45) is 5.41 Å². The molecular weight excluding hydrogens is 272 g/mol. The molecule has 0 N–H and O–H groups in total. The second kappa shape index (κ2) is 5.31. The van der Waals surface area contributed by atoms with Crippen LogP contribution in [0.5, 0.6) is 17.2 Å². The third-order valence-corrected chi connectivity index (χ3v) is 3.23. The monoisotopic (exact) mass is 292 g/mol. The fourth-order valence-corrected chi connectivity index (χ4v) is 2.14. The Morgan fingerprint density at radius 1 is 1.00 bits per heavy atom. The van der Waals surface area contributed by atoms with Gasteiger partial charge in [0, 0.05) is 11.5 Å². The molecule has 2 aromatic rings. The summed E-state index contributed by atoms with van der Waals surface area (Å²) in [5.41, 5.74) is 0.00653. The Morgan fingerprint density at radius 3 is 2.10 bits per heavy atom. The predicted octanol–water partition coefficient (Wildman–Crippen LogP) is 3.69. The number of fused-ring (bicyclic) bond motifs is 1. The average Bonchev–Trinajstić information content (AvgIpc) is 2.86. The highest BCUT2D eigenvalue weighted by atomic mass is 16.5. The lowest BCUT2D eigenvalue weighted by Gasteiger charge is -2.13. The Labute approximate surface area is 123 Å². The van der Waals surface area contributed by atoms with E-state index >= 15 is 0 Å². The van der Waals surface area contributed by atoms with Crippen molar-refractivity contribution in [3.63, 3.8) is 0 Å². The van der Waals surface area contributed by atoms with Crippen molar-refractivity contribution in [2.75, 3.05) is 21.3 Å². The molecule has 114 valence electrons. The first kappa shape index (κ1) is 15.2. The van der Waals surface area contributed by atoms with Crippen molar-refractivity contribution in [3.05, 3.63) is 17.9 Å². The van der Waals surface area contributed by atoms with Gasteiger partial charge in [-0.2, -0.15) is 0 Å². The lowest BCUT2D eigenvalue weighted by Crippen LogP contribution is -2.19. The van der Waals surface area contributed by atoms with Gasteiger partial charge in [0.15, 0.2) is 17.3 Å². The molecule has 5 nitrogen and oxygen atoms in total. The highest BCUT2D eigenvalue weighted by molar-refractivity contribution is 6.02. The normalized spacial score (nSPS) is 11.5. The van der Waals surface area contributed by atoms with Crippen molar-refractivity contribution in [3.8, 4) is 17.2 Å². The third-order valence-electron chi connectivity index (χ3n) is 3.23. The van der Waals surface area contributed by atoms with E-state index in [-0.39, 0.29) is 5.78 Å². The molecule has 0 spiro atoms. The maximum Gasteiger partial charge on any atom is 0.204 e. The summed E-state index contributed by atoms with van der Waals surface area (Å²) in [6, 6.07) is 3.37. The van der Waals surface area contributed by atoms with Gasteiger partial charge in [0.25, 0.3) is 0 Å². The van der Waals surface area contributed by atoms with Crippen molar-refractivity contribution in [2.45, 2.75) is 20.8 Å². The first-order valence-corrected chi connectivity index (χ1v) is 6.60. The van der Waals surface area contributed by atoms with Gasteiger partial charge in [-0.1, -0.05) is 20.8 Å². The lowest BCUT2D eigenvalue weighted by molar-refractivity contribution is 0.0831. The molecule has 0 bridgehead atoms. The van der Waals surface area contributed by atoms with Crippen LogP contribution in [0.25, 0.3) is 11.0 Å². The highest BCUT2D eigenvalue weighted by Gasteiger charge is 2.28. The van der Waals surface area contributed by atoms with Gasteiger partial charge in [-0.25, -0.2) is 0 Å². The van der Waals surface area contributed by atoms with Crippen LogP contribution < -0.4 is 14.2 Å². The summed E-state index contributed by atoms with van der Waals surface area (Å²) in [5.74, 6) is 1.68. The maximum atomic E-state index is 12.3. The zero-order valence-electron chi connectivity index (χ0n) is 13.2. The number of hydrogen-bond acceptors (Lipinski definition) is 5. The third kappa shape index (κ3) is 2.55. The van der Waals surface area contributed by atoms with E-state index in [4.69, 9.17) is 18.6 Å². The summed E-state index contributed by atoms with van der Waals surface area (Å²) in [4.78, 5) is 12.3. The van der Waals surface area contributed by atoms with Crippen LogP contribution in [0, 0.1) is 5.41 Å². The van der Waals surface area contributed by atoms with Crippen LogP contribution in [-0.2, 0) is 0 Å². The molecule has 0 aliphatic heterocycles. The van der Waals surface area contributed by atoms with E-state index in [0.717, 1.165) is 0 Å². The van der Waals surface area contributed by atoms with Crippen LogP contribution in [0.2, 0.25) is 0 Å². The topological polar surface area (TPSA) is 57.9 Å². The van der Waals surface area contributed by atoms with Gasteiger partial charge in [0.1, 0.15) is 5.58 Å². The van der Waals surface area contributed by atoms with E-state index in [9.17, 15) is 4.79 Å². The molecule has 0 aliphatic carbocycles. The molecule has 0 unspecified atom stereocenters. The van der Waals surface area contributed by atoms with E-state index in [0.29, 0.717) is 34.0 Å². The van der Waals surface area contributed by atoms with E-state index in [1.54, 1.807) is 12.1 Å². The zero-order valence-corrected chi connectivity index (χ0v) is 13.2. The SMILES string of the molecule is COc1cc2oc(C(=O)C(C)(C)C)cc2c(OC)c1OC. The Hall–Kier alpha value is -2.17. The van der Waals surface area contributed by atoms with Crippen LogP contribution in [0.3, 0.4) is 0 Å². The number of methoxy groups -OCH3 is 3. The average molecular weight is 292 g/mol. The molecule has 21 heavy (non-hydrogen) atoms. The van der Waals surface area contributed by atoms with Gasteiger partial charge in [-0.3, -0.25) is 4.79 Å². The molecule has 0 aliphatic rings. The van der Waals surface area contributed by atoms with Crippen LogP contribution in [0.15, 0.2) is 16.5 Å². The zero-order chi connectivity index (χ0) is 15.8. The summed E-state index contributed by atoms with van der Waals surface area (Å²) in [6.45, 7) is 5.54. The fraction of sp³-hybridized carbons (Fsp3) is 0.438. The van der Waals surface area contributed by atoms with Crippen LogP contribution in [0.4, 0.5) is 0 Å². The summed E-state index contributed by atoms with van der Waals surface area (Å²) in [7, 11) is 4.61. The van der Waals surface area contributed by atoms with Crippen LogP contribution in [0.1, 0.15) is 31.3 Å². The second-order valence-electron chi connectivity index (χ2n) is 5.75. The quantitative estimate of drug-likeness (QED) is 0.804. The number of carbonyl (C=O) groups is 1. The Kier molecular flexibility index (Phi) is 3.85. The summed E-state index contributed by atoms with van der Waals surface area (Å²) < 4.78 is 21.7. The van der Waals surface area contributed by atoms with Gasteiger partial charge in [-0.15, -0.1) is 0 Å². The molecule has 0 saturated carbocycles. The largest absolute Gasteiger partial charge is 0.493 e. The highest BCUT2D eigenvalue weighted by Crippen LogP contribution is 2.44. The van der Waals surface area contributed by atoms with E-state index in [1.807, 2.05) is 20.8 Å². The Bertz CT molecular complexity index is 676. The minimum Gasteiger partial charge on any atom is -0.493 e. The molecule has 0 fully saturated rings. The van der Waals surface area contributed by atoms with E-state index in [1.165, 1.54) is 21.3 Å². The minimum atomic E-state index is -0.519. The van der Waals surface area contributed by atoms with Gasteiger partial charge in [-0.05, 0) is 6.07 Å². The molecule has 1 aromatic carbocycles. The molecule has 2 rings (SSSR count). The smallest absolute Gasteiger partial charge is 0.204 e. The first-order chi connectivity index (χ1) is 9.83. The molecule has 0 saturated heterocycles.